The first kappa shape index (κ1) is 16.8. The summed E-state index contributed by atoms with van der Waals surface area (Å²) in [6, 6.07) is 5.37. The van der Waals surface area contributed by atoms with Crippen molar-refractivity contribution in [2.45, 2.75) is 25.6 Å². The van der Waals surface area contributed by atoms with Crippen LogP contribution in [0.4, 0.5) is 13.2 Å². The summed E-state index contributed by atoms with van der Waals surface area (Å²) in [5.41, 5.74) is 0.552. The van der Waals surface area contributed by atoms with Crippen LogP contribution in [-0.2, 0) is 10.9 Å². The number of phenolic OH excluding ortho intramolecular Hbond substituents is 1. The molecule has 0 unspecified atom stereocenters. The average molecular weight is 363 g/mol. The van der Waals surface area contributed by atoms with Crippen molar-refractivity contribution in [3.8, 4) is 17.0 Å². The molecule has 2 aromatic heterocycles. The number of alkyl halides is 3. The molecule has 0 aliphatic carbocycles. The minimum Gasteiger partial charge on any atom is -0.507 e. The van der Waals surface area contributed by atoms with Gasteiger partial charge >= 0.3 is 6.18 Å². The molecule has 1 fully saturated rings. The summed E-state index contributed by atoms with van der Waals surface area (Å²) < 4.78 is 45.9. The van der Waals surface area contributed by atoms with Gasteiger partial charge in [-0.05, 0) is 43.2 Å². The fourth-order valence-corrected chi connectivity index (χ4v) is 3.24. The molecule has 0 radical (unpaired) electrons. The number of aromatic nitrogens is 3. The molecular formula is C18H16F3N3O2. The van der Waals surface area contributed by atoms with Crippen molar-refractivity contribution in [2.24, 2.45) is 0 Å². The van der Waals surface area contributed by atoms with Crippen molar-refractivity contribution >= 4 is 11.0 Å². The average Bonchev–Trinajstić information content (AvgIpc) is 3.22. The Hall–Kier alpha value is -2.61. The molecule has 5 nitrogen and oxygen atoms in total. The topological polar surface area (TPSA) is 60.2 Å². The summed E-state index contributed by atoms with van der Waals surface area (Å²) in [6.45, 7) is 2.81. The lowest BCUT2D eigenvalue weighted by atomic mass is 10.00. The van der Waals surface area contributed by atoms with E-state index in [4.69, 9.17) is 4.74 Å². The van der Waals surface area contributed by atoms with Gasteiger partial charge in [0.2, 0.25) is 0 Å². The third kappa shape index (κ3) is 2.90. The normalized spacial score (nSPS) is 17.9. The van der Waals surface area contributed by atoms with Crippen molar-refractivity contribution in [2.75, 3.05) is 13.2 Å². The Balaban J connectivity index is 1.77. The van der Waals surface area contributed by atoms with Crippen LogP contribution in [-0.4, -0.2) is 33.1 Å². The van der Waals surface area contributed by atoms with Crippen LogP contribution >= 0.6 is 0 Å². The van der Waals surface area contributed by atoms with Crippen LogP contribution in [0.25, 0.3) is 22.3 Å². The van der Waals surface area contributed by atoms with Gasteiger partial charge in [-0.3, -0.25) is 4.68 Å². The zero-order chi connectivity index (χ0) is 18.5. The summed E-state index contributed by atoms with van der Waals surface area (Å²) in [4.78, 5) is 4.44. The molecule has 3 aromatic rings. The van der Waals surface area contributed by atoms with Crippen molar-refractivity contribution in [1.82, 2.24) is 14.8 Å². The molecule has 26 heavy (non-hydrogen) atoms. The van der Waals surface area contributed by atoms with Gasteiger partial charge in [-0.25, -0.2) is 4.98 Å². The maximum Gasteiger partial charge on any atom is 0.416 e. The highest BCUT2D eigenvalue weighted by atomic mass is 19.4. The standard InChI is InChI=1S/C18H16F3N3O2/c1-10-6-12(18(19,20)21)7-15(25)16(10)14-3-2-11-8-24(23-17(11)22-14)13-4-5-26-9-13/h2-3,6-8,13,25H,4-5,9H2,1H3/t13-/m1/s1. The van der Waals surface area contributed by atoms with E-state index in [0.717, 1.165) is 23.9 Å². The second-order valence-corrected chi connectivity index (χ2v) is 6.42. The number of nitrogens with zero attached hydrogens (tertiary/aromatic N) is 3. The highest BCUT2D eigenvalue weighted by Gasteiger charge is 2.32. The predicted octanol–water partition coefficient (Wildman–Crippen LogP) is 4.09. The molecule has 4 rings (SSSR count). The minimum absolute atomic E-state index is 0.161. The largest absolute Gasteiger partial charge is 0.507 e. The number of rotatable bonds is 2. The Morgan fingerprint density at radius 3 is 2.73 bits per heavy atom. The van der Waals surface area contributed by atoms with Crippen molar-refractivity contribution in [1.29, 1.82) is 0 Å². The third-order valence-corrected chi connectivity index (χ3v) is 4.56. The number of benzene rings is 1. The van der Waals surface area contributed by atoms with Crippen molar-refractivity contribution in [3.63, 3.8) is 0 Å². The molecule has 1 aliphatic rings. The van der Waals surface area contributed by atoms with Gasteiger partial charge in [0, 0.05) is 23.8 Å². The quantitative estimate of drug-likeness (QED) is 0.745. The number of hydrogen-bond donors (Lipinski definition) is 1. The lowest BCUT2D eigenvalue weighted by Gasteiger charge is -2.13. The Morgan fingerprint density at radius 2 is 2.08 bits per heavy atom. The number of ether oxygens (including phenoxy) is 1. The number of fused-ring (bicyclic) bond motifs is 1. The van der Waals surface area contributed by atoms with E-state index in [2.05, 4.69) is 10.1 Å². The van der Waals surface area contributed by atoms with E-state index in [-0.39, 0.29) is 11.6 Å². The van der Waals surface area contributed by atoms with Gasteiger partial charge in [0.1, 0.15) is 5.75 Å². The first-order valence-electron chi connectivity index (χ1n) is 8.18. The second kappa shape index (κ2) is 5.98. The van der Waals surface area contributed by atoms with Crippen molar-refractivity contribution < 1.29 is 23.0 Å². The summed E-state index contributed by atoms with van der Waals surface area (Å²) in [5.74, 6) is -0.451. The molecule has 1 N–H and O–H groups in total. The summed E-state index contributed by atoms with van der Waals surface area (Å²) in [6.07, 6.45) is -1.76. The second-order valence-electron chi connectivity index (χ2n) is 6.42. The molecule has 1 atom stereocenters. The molecule has 8 heteroatoms. The van der Waals surface area contributed by atoms with E-state index in [1.807, 2.05) is 10.9 Å². The fourth-order valence-electron chi connectivity index (χ4n) is 3.24. The van der Waals surface area contributed by atoms with E-state index >= 15 is 0 Å². The highest BCUT2D eigenvalue weighted by Crippen LogP contribution is 2.38. The SMILES string of the molecule is Cc1cc(C(F)(F)F)cc(O)c1-c1ccc2cn([C@@H]3CCOC3)nc2n1. The molecule has 1 saturated heterocycles. The van der Waals surface area contributed by atoms with Crippen LogP contribution in [0.5, 0.6) is 5.75 Å². The number of hydrogen-bond acceptors (Lipinski definition) is 4. The van der Waals surface area contributed by atoms with Crippen LogP contribution in [0, 0.1) is 6.92 Å². The zero-order valence-electron chi connectivity index (χ0n) is 13.9. The predicted molar refractivity (Wildman–Crippen MR) is 88.8 cm³/mol. The van der Waals surface area contributed by atoms with E-state index < -0.39 is 17.5 Å². The summed E-state index contributed by atoms with van der Waals surface area (Å²) >= 11 is 0. The number of pyridine rings is 1. The van der Waals surface area contributed by atoms with Gasteiger partial charge in [0.15, 0.2) is 5.65 Å². The number of halogens is 3. The van der Waals surface area contributed by atoms with Gasteiger partial charge < -0.3 is 9.84 Å². The van der Waals surface area contributed by atoms with Crippen LogP contribution in [0.3, 0.4) is 0 Å². The van der Waals surface area contributed by atoms with E-state index in [9.17, 15) is 18.3 Å². The lowest BCUT2D eigenvalue weighted by Crippen LogP contribution is -2.08. The van der Waals surface area contributed by atoms with Gasteiger partial charge in [-0.1, -0.05) is 0 Å². The Labute approximate surface area is 147 Å². The van der Waals surface area contributed by atoms with E-state index in [1.165, 1.54) is 6.92 Å². The van der Waals surface area contributed by atoms with Crippen LogP contribution in [0.1, 0.15) is 23.6 Å². The fraction of sp³-hybridized carbons (Fsp3) is 0.333. The molecule has 136 valence electrons. The van der Waals surface area contributed by atoms with Gasteiger partial charge in [-0.15, -0.1) is 0 Å². The lowest BCUT2D eigenvalue weighted by molar-refractivity contribution is -0.137. The van der Waals surface area contributed by atoms with Crippen molar-refractivity contribution in [3.05, 3.63) is 41.6 Å². The molecule has 1 aromatic carbocycles. The summed E-state index contributed by atoms with van der Waals surface area (Å²) in [7, 11) is 0. The zero-order valence-corrected chi connectivity index (χ0v) is 13.9. The number of aromatic hydroxyl groups is 1. The first-order valence-corrected chi connectivity index (χ1v) is 8.18. The first-order chi connectivity index (χ1) is 12.3. The molecule has 0 spiro atoms. The number of aryl methyl sites for hydroxylation is 1. The van der Waals surface area contributed by atoms with Gasteiger partial charge in [0.25, 0.3) is 0 Å². The molecule has 3 heterocycles. The molecule has 0 bridgehead atoms. The number of phenols is 1. The van der Waals surface area contributed by atoms with Crippen LogP contribution in [0.2, 0.25) is 0 Å². The molecule has 0 amide bonds. The Morgan fingerprint density at radius 1 is 1.27 bits per heavy atom. The monoisotopic (exact) mass is 363 g/mol. The van der Waals surface area contributed by atoms with E-state index in [0.29, 0.717) is 30.1 Å². The molecule has 0 saturated carbocycles. The molecule has 1 aliphatic heterocycles. The maximum atomic E-state index is 12.9. The van der Waals surface area contributed by atoms with Crippen LogP contribution < -0.4 is 0 Å². The molecular weight excluding hydrogens is 347 g/mol. The van der Waals surface area contributed by atoms with Gasteiger partial charge in [0.05, 0.1) is 23.9 Å². The Bertz CT molecular complexity index is 952. The minimum atomic E-state index is -4.51. The summed E-state index contributed by atoms with van der Waals surface area (Å²) in [5, 5.41) is 15.4. The maximum absolute atomic E-state index is 12.9. The van der Waals surface area contributed by atoms with Crippen LogP contribution in [0.15, 0.2) is 30.5 Å². The highest BCUT2D eigenvalue weighted by molar-refractivity contribution is 5.80. The smallest absolute Gasteiger partial charge is 0.416 e. The van der Waals surface area contributed by atoms with Gasteiger partial charge in [-0.2, -0.15) is 18.3 Å². The Kier molecular flexibility index (Phi) is 3.87. The third-order valence-electron chi connectivity index (χ3n) is 4.56. The van der Waals surface area contributed by atoms with E-state index in [1.54, 1.807) is 12.1 Å².